The highest BCUT2D eigenvalue weighted by atomic mass is 32.2. The van der Waals surface area contributed by atoms with E-state index in [1.165, 1.54) is 17.3 Å². The van der Waals surface area contributed by atoms with E-state index in [2.05, 4.69) is 29.1 Å². The van der Waals surface area contributed by atoms with Gasteiger partial charge in [-0.15, -0.1) is 0 Å². The zero-order valence-corrected chi connectivity index (χ0v) is 15.4. The van der Waals surface area contributed by atoms with Gasteiger partial charge in [-0.05, 0) is 30.5 Å². The van der Waals surface area contributed by atoms with Crippen molar-refractivity contribution in [2.45, 2.75) is 38.3 Å². The van der Waals surface area contributed by atoms with Crippen LogP contribution in [0.2, 0.25) is 0 Å². The van der Waals surface area contributed by atoms with Crippen molar-refractivity contribution in [2.24, 2.45) is 0 Å². The number of hydrogen-bond acceptors (Lipinski definition) is 5. The van der Waals surface area contributed by atoms with Gasteiger partial charge in [-0.2, -0.15) is 0 Å². The van der Waals surface area contributed by atoms with E-state index in [4.69, 9.17) is 5.11 Å². The Morgan fingerprint density at radius 1 is 1.32 bits per heavy atom. The monoisotopic (exact) mass is 361 g/mol. The molecule has 0 bridgehead atoms. The minimum Gasteiger partial charge on any atom is -0.396 e. The number of aromatic amines is 1. The predicted molar refractivity (Wildman–Crippen MR) is 100 cm³/mol. The summed E-state index contributed by atoms with van der Waals surface area (Å²) in [7, 11) is 0. The lowest BCUT2D eigenvalue weighted by atomic mass is 10.0. The smallest absolute Gasteiger partial charge is 0.255 e. The summed E-state index contributed by atoms with van der Waals surface area (Å²) in [6.07, 6.45) is 0.270. The van der Waals surface area contributed by atoms with E-state index in [1.54, 1.807) is 6.92 Å². The Hall–Kier alpha value is -2.12. The topological polar surface area (TPSA) is 95.1 Å². The number of aliphatic hydroxyl groups excluding tert-OH is 1. The van der Waals surface area contributed by atoms with Gasteiger partial charge in [0.25, 0.3) is 5.56 Å². The van der Waals surface area contributed by atoms with Crippen LogP contribution in [-0.4, -0.2) is 33.3 Å². The maximum Gasteiger partial charge on any atom is 0.255 e. The van der Waals surface area contributed by atoms with Crippen LogP contribution in [0.15, 0.2) is 34.2 Å². The minimum atomic E-state index is -0.270. The third-order valence-corrected chi connectivity index (χ3v) is 4.64. The molecule has 1 aromatic carbocycles. The molecular formula is C18H23N3O3S. The van der Waals surface area contributed by atoms with Gasteiger partial charge in [-0.25, -0.2) is 4.98 Å². The minimum absolute atomic E-state index is 0.101. The van der Waals surface area contributed by atoms with Crippen molar-refractivity contribution < 1.29 is 9.90 Å². The number of aliphatic hydroxyl groups is 1. The van der Waals surface area contributed by atoms with E-state index in [0.717, 1.165) is 5.69 Å². The number of rotatable bonds is 7. The number of nitrogens with one attached hydrogen (secondary N) is 2. The van der Waals surface area contributed by atoms with Gasteiger partial charge < -0.3 is 15.4 Å². The first-order valence-corrected chi connectivity index (χ1v) is 9.12. The number of aromatic nitrogens is 2. The molecule has 25 heavy (non-hydrogen) atoms. The Labute approximate surface area is 151 Å². The lowest BCUT2D eigenvalue weighted by Gasteiger charge is -2.09. The highest BCUT2D eigenvalue weighted by Crippen LogP contribution is 2.18. The summed E-state index contributed by atoms with van der Waals surface area (Å²) in [6, 6.07) is 7.75. The van der Waals surface area contributed by atoms with Gasteiger partial charge in [0.1, 0.15) is 0 Å². The highest BCUT2D eigenvalue weighted by molar-refractivity contribution is 7.99. The summed E-state index contributed by atoms with van der Waals surface area (Å²) in [5.74, 6) is 0.426. The molecule has 0 atom stereocenters. The van der Waals surface area contributed by atoms with Gasteiger partial charge in [-0.3, -0.25) is 9.59 Å². The van der Waals surface area contributed by atoms with Crippen molar-refractivity contribution >= 4 is 23.4 Å². The molecule has 2 aromatic rings. The third-order valence-electron chi connectivity index (χ3n) is 3.76. The van der Waals surface area contributed by atoms with E-state index >= 15 is 0 Å². The molecule has 0 aliphatic rings. The standard InChI is InChI=1S/C18H23N3O3S/c1-11(2)13-4-6-14(7-5-13)20-16(23)10-25-18-19-12(3)15(8-9-22)17(24)21-18/h4-7,11,22H,8-10H2,1-3H3,(H,20,23)(H,19,21,24). The van der Waals surface area contributed by atoms with Crippen LogP contribution in [-0.2, 0) is 11.2 Å². The molecule has 1 aromatic heterocycles. The van der Waals surface area contributed by atoms with Crippen LogP contribution in [0.4, 0.5) is 5.69 Å². The number of thioether (sulfide) groups is 1. The molecule has 0 spiro atoms. The van der Waals surface area contributed by atoms with Gasteiger partial charge in [0.15, 0.2) is 5.16 Å². The van der Waals surface area contributed by atoms with E-state index in [0.29, 0.717) is 22.3 Å². The second-order valence-corrected chi connectivity index (χ2v) is 6.99. The summed E-state index contributed by atoms with van der Waals surface area (Å²) in [4.78, 5) is 30.9. The van der Waals surface area contributed by atoms with E-state index in [-0.39, 0.29) is 30.2 Å². The lowest BCUT2D eigenvalue weighted by molar-refractivity contribution is -0.113. The van der Waals surface area contributed by atoms with Crippen molar-refractivity contribution in [3.63, 3.8) is 0 Å². The molecule has 0 aliphatic heterocycles. The fourth-order valence-electron chi connectivity index (χ4n) is 2.34. The molecule has 3 N–H and O–H groups in total. The van der Waals surface area contributed by atoms with Crippen molar-refractivity contribution in [3.8, 4) is 0 Å². The Bertz CT molecular complexity index is 785. The number of benzene rings is 1. The van der Waals surface area contributed by atoms with E-state index in [9.17, 15) is 9.59 Å². The van der Waals surface area contributed by atoms with Gasteiger partial charge in [0.05, 0.1) is 5.75 Å². The van der Waals surface area contributed by atoms with Crippen LogP contribution in [0.25, 0.3) is 0 Å². The van der Waals surface area contributed by atoms with Crippen molar-refractivity contribution in [3.05, 3.63) is 51.4 Å². The first-order chi connectivity index (χ1) is 11.9. The molecule has 0 fully saturated rings. The molecule has 0 saturated heterocycles. The molecule has 0 radical (unpaired) electrons. The van der Waals surface area contributed by atoms with Crippen molar-refractivity contribution in [1.82, 2.24) is 9.97 Å². The van der Waals surface area contributed by atoms with E-state index in [1.807, 2.05) is 24.3 Å². The number of H-pyrrole nitrogens is 1. The molecular weight excluding hydrogens is 338 g/mol. The third kappa shape index (κ3) is 5.44. The summed E-state index contributed by atoms with van der Waals surface area (Å²) in [5, 5.41) is 12.2. The number of nitrogens with zero attached hydrogens (tertiary/aromatic N) is 1. The second-order valence-electron chi connectivity index (χ2n) is 6.02. The zero-order chi connectivity index (χ0) is 18.4. The molecule has 7 heteroatoms. The molecule has 134 valence electrons. The largest absolute Gasteiger partial charge is 0.396 e. The lowest BCUT2D eigenvalue weighted by Crippen LogP contribution is -2.19. The van der Waals surface area contributed by atoms with Crippen LogP contribution in [0.1, 0.15) is 36.6 Å². The molecule has 1 amide bonds. The first kappa shape index (κ1) is 19.2. The molecule has 1 heterocycles. The maximum atomic E-state index is 12.1. The van der Waals surface area contributed by atoms with Crippen LogP contribution < -0.4 is 10.9 Å². The van der Waals surface area contributed by atoms with Crippen LogP contribution in [0.5, 0.6) is 0 Å². The SMILES string of the molecule is Cc1nc(SCC(=O)Nc2ccc(C(C)C)cc2)[nH]c(=O)c1CCO. The maximum absolute atomic E-state index is 12.1. The Kier molecular flexibility index (Phi) is 6.78. The highest BCUT2D eigenvalue weighted by Gasteiger charge is 2.10. The van der Waals surface area contributed by atoms with Crippen LogP contribution in [0.3, 0.4) is 0 Å². The van der Waals surface area contributed by atoms with Crippen LogP contribution in [0, 0.1) is 6.92 Å². The molecule has 2 rings (SSSR count). The Morgan fingerprint density at radius 2 is 2.00 bits per heavy atom. The molecule has 6 nitrogen and oxygen atoms in total. The van der Waals surface area contributed by atoms with E-state index < -0.39 is 0 Å². The van der Waals surface area contributed by atoms with Crippen LogP contribution >= 0.6 is 11.8 Å². The quantitative estimate of drug-likeness (QED) is 0.520. The zero-order valence-electron chi connectivity index (χ0n) is 14.6. The fraction of sp³-hybridized carbons (Fsp3) is 0.389. The fourth-order valence-corrected chi connectivity index (χ4v) is 3.05. The summed E-state index contributed by atoms with van der Waals surface area (Å²) >= 11 is 1.17. The number of carbonyl (C=O) groups is 1. The number of aryl methyl sites for hydroxylation is 1. The number of amides is 1. The Morgan fingerprint density at radius 3 is 2.56 bits per heavy atom. The van der Waals surface area contributed by atoms with Gasteiger partial charge in [0, 0.05) is 30.0 Å². The normalized spacial score (nSPS) is 10.9. The molecule has 0 saturated carbocycles. The average molecular weight is 361 g/mol. The molecule has 0 unspecified atom stereocenters. The first-order valence-electron chi connectivity index (χ1n) is 8.14. The predicted octanol–water partition coefficient (Wildman–Crippen LogP) is 2.47. The van der Waals surface area contributed by atoms with Gasteiger partial charge in [0.2, 0.25) is 5.91 Å². The number of anilines is 1. The average Bonchev–Trinajstić information content (AvgIpc) is 2.57. The molecule has 0 aliphatic carbocycles. The summed E-state index contributed by atoms with van der Waals surface area (Å²) < 4.78 is 0. The number of carbonyl (C=O) groups excluding carboxylic acids is 1. The van der Waals surface area contributed by atoms with Gasteiger partial charge >= 0.3 is 0 Å². The second kappa shape index (κ2) is 8.82. The summed E-state index contributed by atoms with van der Waals surface area (Å²) in [5.41, 5.74) is 2.73. The Balaban J connectivity index is 1.94. The van der Waals surface area contributed by atoms with Gasteiger partial charge in [-0.1, -0.05) is 37.7 Å². The van der Waals surface area contributed by atoms with Crippen molar-refractivity contribution in [2.75, 3.05) is 17.7 Å². The summed E-state index contributed by atoms with van der Waals surface area (Å²) in [6.45, 7) is 5.86. The van der Waals surface area contributed by atoms with Crippen molar-refractivity contribution in [1.29, 1.82) is 0 Å². The number of hydrogen-bond donors (Lipinski definition) is 3.